The van der Waals surface area contributed by atoms with Gasteiger partial charge >= 0.3 is 0 Å². The highest BCUT2D eigenvalue weighted by molar-refractivity contribution is 5.85. The summed E-state index contributed by atoms with van der Waals surface area (Å²) in [5.41, 5.74) is 5.20. The Bertz CT molecular complexity index is 350. The summed E-state index contributed by atoms with van der Waals surface area (Å²) in [6.45, 7) is 8.26. The number of hydrogen-bond acceptors (Lipinski definition) is 1. The van der Waals surface area contributed by atoms with Crippen LogP contribution in [0.15, 0.2) is 23.2 Å². The Kier molecular flexibility index (Phi) is 4.54. The molecular formula is C14H21N. The molecule has 1 aliphatic heterocycles. The Morgan fingerprint density at radius 2 is 1.80 bits per heavy atom. The van der Waals surface area contributed by atoms with E-state index in [9.17, 15) is 0 Å². The minimum atomic E-state index is 1.15. The van der Waals surface area contributed by atoms with Gasteiger partial charge in [0, 0.05) is 5.71 Å². The van der Waals surface area contributed by atoms with Crippen LogP contribution >= 0.6 is 0 Å². The summed E-state index contributed by atoms with van der Waals surface area (Å²) in [6, 6.07) is 6.54. The summed E-state index contributed by atoms with van der Waals surface area (Å²) >= 11 is 0. The Hall–Kier alpha value is -1.11. The largest absolute Gasteiger partial charge is 0.258 e. The first-order valence-electron chi connectivity index (χ1n) is 5.89. The van der Waals surface area contributed by atoms with Crippen molar-refractivity contribution >= 4 is 11.4 Å². The van der Waals surface area contributed by atoms with E-state index in [0.29, 0.717) is 0 Å². The van der Waals surface area contributed by atoms with Gasteiger partial charge in [-0.05, 0) is 44.7 Å². The van der Waals surface area contributed by atoms with Crippen LogP contribution in [0.25, 0.3) is 0 Å². The van der Waals surface area contributed by atoms with Crippen LogP contribution in [0, 0.1) is 6.92 Å². The maximum Gasteiger partial charge on any atom is 0.0661 e. The van der Waals surface area contributed by atoms with Gasteiger partial charge in [-0.2, -0.15) is 0 Å². The van der Waals surface area contributed by atoms with Gasteiger partial charge in [0.05, 0.1) is 5.69 Å². The summed E-state index contributed by atoms with van der Waals surface area (Å²) in [7, 11) is 0. The third kappa shape index (κ3) is 3.19. The van der Waals surface area contributed by atoms with Gasteiger partial charge in [-0.25, -0.2) is 0 Å². The summed E-state index contributed by atoms with van der Waals surface area (Å²) in [6.07, 6.45) is 3.57. The smallest absolute Gasteiger partial charge is 0.0661 e. The number of nitrogens with zero attached hydrogens (tertiary/aromatic N) is 1. The molecule has 0 saturated carbocycles. The normalized spacial score (nSPS) is 14.3. The predicted molar refractivity (Wildman–Crippen MR) is 68.2 cm³/mol. The molecule has 1 heterocycles. The molecule has 0 spiro atoms. The molecule has 0 N–H and O–H groups in total. The van der Waals surface area contributed by atoms with Crippen LogP contribution in [0.5, 0.6) is 0 Å². The molecule has 0 fully saturated rings. The molecule has 1 aromatic carbocycles. The van der Waals surface area contributed by atoms with Crippen molar-refractivity contribution in [3.63, 3.8) is 0 Å². The molecule has 0 atom stereocenters. The zero-order valence-corrected chi connectivity index (χ0v) is 10.3. The van der Waals surface area contributed by atoms with Crippen LogP contribution in [0.1, 0.15) is 44.7 Å². The summed E-state index contributed by atoms with van der Waals surface area (Å²) in [4.78, 5) is 4.60. The van der Waals surface area contributed by atoms with E-state index in [1.807, 2.05) is 13.8 Å². The average molecular weight is 203 g/mol. The SMILES string of the molecule is CC.CC1=Nc2ccc(C)cc2CCC1. The number of fused-ring (bicyclic) bond motifs is 1. The summed E-state index contributed by atoms with van der Waals surface area (Å²) in [5, 5.41) is 0. The molecule has 1 aliphatic rings. The lowest BCUT2D eigenvalue weighted by Crippen LogP contribution is -1.87. The lowest BCUT2D eigenvalue weighted by atomic mass is 10.0. The molecule has 1 nitrogen and oxygen atoms in total. The fourth-order valence-corrected chi connectivity index (χ4v) is 1.82. The fourth-order valence-electron chi connectivity index (χ4n) is 1.82. The molecule has 82 valence electrons. The van der Waals surface area contributed by atoms with Crippen molar-refractivity contribution in [2.24, 2.45) is 4.99 Å². The first-order chi connectivity index (χ1) is 7.25. The van der Waals surface area contributed by atoms with Crippen LogP contribution in [0.3, 0.4) is 0 Å². The lowest BCUT2D eigenvalue weighted by Gasteiger charge is -2.02. The molecule has 1 heteroatoms. The molecule has 15 heavy (non-hydrogen) atoms. The van der Waals surface area contributed by atoms with Crippen LogP contribution < -0.4 is 0 Å². The third-order valence-corrected chi connectivity index (χ3v) is 2.53. The van der Waals surface area contributed by atoms with E-state index in [1.165, 1.54) is 35.4 Å². The molecule has 0 aliphatic carbocycles. The number of benzene rings is 1. The van der Waals surface area contributed by atoms with Crippen LogP contribution in [-0.2, 0) is 6.42 Å². The van der Waals surface area contributed by atoms with Crippen LogP contribution in [0.4, 0.5) is 5.69 Å². The van der Waals surface area contributed by atoms with E-state index in [2.05, 4.69) is 37.0 Å². The molecule has 0 amide bonds. The third-order valence-electron chi connectivity index (χ3n) is 2.53. The minimum absolute atomic E-state index is 1.15. The van der Waals surface area contributed by atoms with Gasteiger partial charge in [0.25, 0.3) is 0 Å². The first kappa shape index (κ1) is 12.0. The van der Waals surface area contributed by atoms with E-state index in [-0.39, 0.29) is 0 Å². The maximum atomic E-state index is 4.60. The van der Waals surface area contributed by atoms with Gasteiger partial charge in [0.15, 0.2) is 0 Å². The molecule has 0 radical (unpaired) electrons. The second-order valence-electron chi connectivity index (χ2n) is 3.83. The van der Waals surface area contributed by atoms with Crippen molar-refractivity contribution in [2.45, 2.75) is 47.0 Å². The Balaban J connectivity index is 0.000000531. The number of aryl methyl sites for hydroxylation is 2. The number of aliphatic imine (C=N–C) groups is 1. The zero-order chi connectivity index (χ0) is 11.3. The standard InChI is InChI=1S/C12H15N.C2H6/c1-9-6-7-12-11(8-9)5-3-4-10(2)13-12;1-2/h6-8H,3-5H2,1-2H3;1-2H3. The van der Waals surface area contributed by atoms with E-state index >= 15 is 0 Å². The Labute approximate surface area is 93.2 Å². The molecular weight excluding hydrogens is 182 g/mol. The van der Waals surface area contributed by atoms with E-state index in [1.54, 1.807) is 0 Å². The number of rotatable bonds is 0. The first-order valence-corrected chi connectivity index (χ1v) is 5.89. The lowest BCUT2D eigenvalue weighted by molar-refractivity contribution is 0.875. The molecule has 1 aromatic rings. The van der Waals surface area contributed by atoms with Crippen molar-refractivity contribution in [1.82, 2.24) is 0 Å². The molecule has 0 bridgehead atoms. The summed E-state index contributed by atoms with van der Waals surface area (Å²) < 4.78 is 0. The Morgan fingerprint density at radius 3 is 2.53 bits per heavy atom. The van der Waals surface area contributed by atoms with Gasteiger partial charge in [-0.15, -0.1) is 0 Å². The molecule has 2 rings (SSSR count). The van der Waals surface area contributed by atoms with Gasteiger partial charge < -0.3 is 0 Å². The number of hydrogen-bond donors (Lipinski definition) is 0. The minimum Gasteiger partial charge on any atom is -0.258 e. The molecule has 0 aromatic heterocycles. The second-order valence-corrected chi connectivity index (χ2v) is 3.83. The zero-order valence-electron chi connectivity index (χ0n) is 10.3. The summed E-state index contributed by atoms with van der Waals surface area (Å²) in [5.74, 6) is 0. The fraction of sp³-hybridized carbons (Fsp3) is 0.500. The Morgan fingerprint density at radius 1 is 1.07 bits per heavy atom. The van der Waals surface area contributed by atoms with Gasteiger partial charge in [-0.1, -0.05) is 31.5 Å². The van der Waals surface area contributed by atoms with Crippen molar-refractivity contribution in [1.29, 1.82) is 0 Å². The van der Waals surface area contributed by atoms with Crippen LogP contribution in [-0.4, -0.2) is 5.71 Å². The van der Waals surface area contributed by atoms with E-state index < -0.39 is 0 Å². The highest BCUT2D eigenvalue weighted by atomic mass is 14.7. The van der Waals surface area contributed by atoms with Gasteiger partial charge in [0.1, 0.15) is 0 Å². The monoisotopic (exact) mass is 203 g/mol. The van der Waals surface area contributed by atoms with Gasteiger partial charge in [0.2, 0.25) is 0 Å². The molecule has 0 saturated heterocycles. The van der Waals surface area contributed by atoms with Crippen molar-refractivity contribution in [3.8, 4) is 0 Å². The molecule has 0 unspecified atom stereocenters. The van der Waals surface area contributed by atoms with Crippen molar-refractivity contribution in [3.05, 3.63) is 29.3 Å². The van der Waals surface area contributed by atoms with Crippen molar-refractivity contribution < 1.29 is 0 Å². The van der Waals surface area contributed by atoms with Crippen molar-refractivity contribution in [2.75, 3.05) is 0 Å². The highest BCUT2D eigenvalue weighted by Gasteiger charge is 2.06. The predicted octanol–water partition coefficient (Wildman–Crippen LogP) is 4.45. The van der Waals surface area contributed by atoms with Gasteiger partial charge in [-0.3, -0.25) is 4.99 Å². The topological polar surface area (TPSA) is 12.4 Å². The second kappa shape index (κ2) is 5.69. The maximum absolute atomic E-state index is 4.60. The van der Waals surface area contributed by atoms with E-state index in [4.69, 9.17) is 0 Å². The quantitative estimate of drug-likeness (QED) is 0.590. The average Bonchev–Trinajstić information content (AvgIpc) is 2.42. The van der Waals surface area contributed by atoms with Crippen LogP contribution in [0.2, 0.25) is 0 Å². The highest BCUT2D eigenvalue weighted by Crippen LogP contribution is 2.25. The van der Waals surface area contributed by atoms with E-state index in [0.717, 1.165) is 6.42 Å².